The topological polar surface area (TPSA) is 23.5 Å². The molecule has 102 valence electrons. The van der Waals surface area contributed by atoms with E-state index in [2.05, 4.69) is 32.7 Å². The van der Waals surface area contributed by atoms with Crippen LogP contribution in [0.4, 0.5) is 0 Å². The molecule has 4 atom stereocenters. The Morgan fingerprint density at radius 2 is 1.76 bits per heavy atom. The summed E-state index contributed by atoms with van der Waals surface area (Å²) in [5.41, 5.74) is 0. The van der Waals surface area contributed by atoms with Crippen molar-refractivity contribution in [2.75, 3.05) is 7.05 Å². The number of hydrogen-bond acceptors (Lipinski definition) is 2. The highest BCUT2D eigenvalue weighted by Crippen LogP contribution is 2.34. The first-order valence-corrected chi connectivity index (χ1v) is 7.51. The number of aliphatic hydroxyl groups excluding tert-OH is 1. The van der Waals surface area contributed by atoms with Gasteiger partial charge in [-0.3, -0.25) is 4.90 Å². The third-order valence-electron chi connectivity index (χ3n) is 4.76. The largest absolute Gasteiger partial charge is 0.378 e. The smallest absolute Gasteiger partial charge is 0.107 e. The van der Waals surface area contributed by atoms with Crippen LogP contribution in [-0.2, 0) is 0 Å². The van der Waals surface area contributed by atoms with Crippen molar-refractivity contribution in [3.05, 3.63) is 0 Å². The van der Waals surface area contributed by atoms with Gasteiger partial charge in [-0.25, -0.2) is 0 Å². The second-order valence-corrected chi connectivity index (χ2v) is 5.81. The highest BCUT2D eigenvalue weighted by atomic mass is 16.3. The maximum Gasteiger partial charge on any atom is 0.107 e. The van der Waals surface area contributed by atoms with Crippen LogP contribution in [0.25, 0.3) is 0 Å². The lowest BCUT2D eigenvalue weighted by molar-refractivity contribution is -0.0342. The Kier molecular flexibility index (Phi) is 6.50. The van der Waals surface area contributed by atoms with Gasteiger partial charge in [0, 0.05) is 6.04 Å². The van der Waals surface area contributed by atoms with Gasteiger partial charge in [0.05, 0.1) is 0 Å². The lowest BCUT2D eigenvalue weighted by atomic mass is 9.81. The molecule has 0 aromatic heterocycles. The zero-order chi connectivity index (χ0) is 12.8. The minimum absolute atomic E-state index is 0.260. The minimum Gasteiger partial charge on any atom is -0.378 e. The number of aliphatic hydroxyl groups is 1. The quantitative estimate of drug-likeness (QED) is 0.587. The van der Waals surface area contributed by atoms with Gasteiger partial charge >= 0.3 is 0 Å². The van der Waals surface area contributed by atoms with Gasteiger partial charge in [0.1, 0.15) is 6.23 Å². The fourth-order valence-corrected chi connectivity index (χ4v) is 3.30. The average molecular weight is 241 g/mol. The monoisotopic (exact) mass is 241 g/mol. The van der Waals surface area contributed by atoms with Gasteiger partial charge in [-0.05, 0) is 38.1 Å². The summed E-state index contributed by atoms with van der Waals surface area (Å²) >= 11 is 0. The zero-order valence-electron chi connectivity index (χ0n) is 12.2. The standard InChI is InChI=1S/C15H31NO/c1-5-12(3)13-10-8-7-9-11-14(13)16(4)15(17)6-2/h12-15,17H,5-11H2,1-4H3. The summed E-state index contributed by atoms with van der Waals surface area (Å²) in [4.78, 5) is 2.24. The highest BCUT2D eigenvalue weighted by Gasteiger charge is 2.32. The Morgan fingerprint density at radius 1 is 1.12 bits per heavy atom. The van der Waals surface area contributed by atoms with Crippen LogP contribution >= 0.6 is 0 Å². The van der Waals surface area contributed by atoms with Crippen molar-refractivity contribution in [1.29, 1.82) is 0 Å². The molecule has 0 aliphatic heterocycles. The molecule has 0 spiro atoms. The van der Waals surface area contributed by atoms with Crippen molar-refractivity contribution < 1.29 is 5.11 Å². The van der Waals surface area contributed by atoms with Crippen molar-refractivity contribution >= 4 is 0 Å². The summed E-state index contributed by atoms with van der Waals surface area (Å²) < 4.78 is 0. The van der Waals surface area contributed by atoms with E-state index in [9.17, 15) is 5.11 Å². The van der Waals surface area contributed by atoms with Gasteiger partial charge in [0.2, 0.25) is 0 Å². The second kappa shape index (κ2) is 7.38. The van der Waals surface area contributed by atoms with Crippen LogP contribution in [-0.4, -0.2) is 29.3 Å². The molecule has 4 unspecified atom stereocenters. The molecule has 1 fully saturated rings. The van der Waals surface area contributed by atoms with Gasteiger partial charge < -0.3 is 5.11 Å². The SMILES string of the molecule is CCC(C)C1CCCCCC1N(C)C(O)CC. The molecule has 0 saturated heterocycles. The van der Waals surface area contributed by atoms with Crippen LogP contribution in [0.2, 0.25) is 0 Å². The number of nitrogens with zero attached hydrogens (tertiary/aromatic N) is 1. The van der Waals surface area contributed by atoms with E-state index in [1.165, 1.54) is 38.5 Å². The van der Waals surface area contributed by atoms with Crippen molar-refractivity contribution in [1.82, 2.24) is 4.90 Å². The molecule has 2 heteroatoms. The van der Waals surface area contributed by atoms with E-state index >= 15 is 0 Å². The van der Waals surface area contributed by atoms with Crippen molar-refractivity contribution in [2.45, 2.75) is 78.0 Å². The Hall–Kier alpha value is -0.0800. The maximum atomic E-state index is 10.1. The normalized spacial score (nSPS) is 30.0. The summed E-state index contributed by atoms with van der Waals surface area (Å²) in [6.07, 6.45) is 8.53. The van der Waals surface area contributed by atoms with Crippen LogP contribution in [0, 0.1) is 11.8 Å². The predicted molar refractivity (Wildman–Crippen MR) is 73.9 cm³/mol. The number of rotatable bonds is 5. The molecule has 2 nitrogen and oxygen atoms in total. The van der Waals surface area contributed by atoms with Gasteiger partial charge in [-0.1, -0.05) is 46.5 Å². The molecule has 1 aliphatic rings. The van der Waals surface area contributed by atoms with Gasteiger partial charge in [0.15, 0.2) is 0 Å². The maximum absolute atomic E-state index is 10.1. The summed E-state index contributed by atoms with van der Waals surface area (Å²) in [5.74, 6) is 1.55. The Bertz CT molecular complexity index is 207. The molecular weight excluding hydrogens is 210 g/mol. The second-order valence-electron chi connectivity index (χ2n) is 5.81. The van der Waals surface area contributed by atoms with Crippen LogP contribution in [0.1, 0.15) is 65.7 Å². The van der Waals surface area contributed by atoms with E-state index in [0.717, 1.165) is 18.3 Å². The average Bonchev–Trinajstić information content (AvgIpc) is 2.61. The number of hydrogen-bond donors (Lipinski definition) is 1. The first kappa shape index (κ1) is 15.0. The van der Waals surface area contributed by atoms with Crippen molar-refractivity contribution in [3.8, 4) is 0 Å². The first-order valence-electron chi connectivity index (χ1n) is 7.51. The van der Waals surface area contributed by atoms with E-state index in [4.69, 9.17) is 0 Å². The molecule has 0 aromatic carbocycles. The molecule has 1 aliphatic carbocycles. The molecule has 0 amide bonds. The Labute approximate surface area is 107 Å². The molecular formula is C15H31NO. The van der Waals surface area contributed by atoms with Gasteiger partial charge in [-0.2, -0.15) is 0 Å². The van der Waals surface area contributed by atoms with E-state index in [0.29, 0.717) is 6.04 Å². The van der Waals surface area contributed by atoms with Crippen molar-refractivity contribution in [2.24, 2.45) is 11.8 Å². The minimum atomic E-state index is -0.260. The fourth-order valence-electron chi connectivity index (χ4n) is 3.30. The Balaban J connectivity index is 2.73. The lowest BCUT2D eigenvalue weighted by Crippen LogP contribution is -2.45. The molecule has 17 heavy (non-hydrogen) atoms. The molecule has 1 rings (SSSR count). The van der Waals surface area contributed by atoms with Crippen LogP contribution in [0.5, 0.6) is 0 Å². The molecule has 0 heterocycles. The fraction of sp³-hybridized carbons (Fsp3) is 1.00. The Morgan fingerprint density at radius 3 is 2.35 bits per heavy atom. The molecule has 0 aromatic rings. The van der Waals surface area contributed by atoms with Gasteiger partial charge in [-0.15, -0.1) is 0 Å². The van der Waals surface area contributed by atoms with Gasteiger partial charge in [0.25, 0.3) is 0 Å². The third kappa shape index (κ3) is 3.96. The van der Waals surface area contributed by atoms with E-state index in [-0.39, 0.29) is 6.23 Å². The van der Waals surface area contributed by atoms with E-state index in [1.807, 2.05) is 0 Å². The zero-order valence-corrected chi connectivity index (χ0v) is 12.2. The van der Waals surface area contributed by atoms with Crippen molar-refractivity contribution in [3.63, 3.8) is 0 Å². The summed E-state index contributed by atoms with van der Waals surface area (Å²) in [6.45, 7) is 6.74. The van der Waals surface area contributed by atoms with E-state index in [1.54, 1.807) is 0 Å². The predicted octanol–water partition coefficient (Wildman–Crippen LogP) is 3.64. The summed E-state index contributed by atoms with van der Waals surface area (Å²) in [6, 6.07) is 0.586. The van der Waals surface area contributed by atoms with Crippen LogP contribution in [0.3, 0.4) is 0 Å². The molecule has 1 N–H and O–H groups in total. The molecule has 1 saturated carbocycles. The van der Waals surface area contributed by atoms with Crippen LogP contribution < -0.4 is 0 Å². The summed E-state index contributed by atoms with van der Waals surface area (Å²) in [7, 11) is 2.11. The molecule has 0 bridgehead atoms. The lowest BCUT2D eigenvalue weighted by Gasteiger charge is -2.39. The highest BCUT2D eigenvalue weighted by molar-refractivity contribution is 4.84. The van der Waals surface area contributed by atoms with E-state index < -0.39 is 0 Å². The van der Waals surface area contributed by atoms with Crippen LogP contribution in [0.15, 0.2) is 0 Å². The first-order chi connectivity index (χ1) is 8.11. The summed E-state index contributed by atoms with van der Waals surface area (Å²) in [5, 5.41) is 10.1. The molecule has 0 radical (unpaired) electrons. The third-order valence-corrected chi connectivity index (χ3v) is 4.76.